The van der Waals surface area contributed by atoms with Gasteiger partial charge in [0.15, 0.2) is 6.61 Å². The van der Waals surface area contributed by atoms with Crippen molar-refractivity contribution < 1.29 is 14.3 Å². The Kier molecular flexibility index (Phi) is 7.27. The monoisotopic (exact) mass is 371 g/mol. The molecule has 0 aliphatic rings. The molecule has 2 aromatic carbocycles. The van der Waals surface area contributed by atoms with Crippen LogP contribution in [0, 0.1) is 27.7 Å². The molecule has 0 spiro atoms. The highest BCUT2D eigenvalue weighted by Gasteiger charge is 2.11. The summed E-state index contributed by atoms with van der Waals surface area (Å²) in [5, 5.41) is 2.83. The maximum Gasteiger partial charge on any atom is 0.307 e. The van der Waals surface area contributed by atoms with E-state index >= 15 is 0 Å². The minimum absolute atomic E-state index is 0.263. The molecule has 26 heavy (non-hydrogen) atoms. The van der Waals surface area contributed by atoms with Gasteiger partial charge < -0.3 is 10.1 Å². The van der Waals surface area contributed by atoms with Gasteiger partial charge in [-0.25, -0.2) is 0 Å². The number of benzene rings is 2. The number of rotatable bonds is 7. The zero-order chi connectivity index (χ0) is 19.1. The Labute approximate surface area is 159 Å². The summed E-state index contributed by atoms with van der Waals surface area (Å²) >= 11 is 1.60. The van der Waals surface area contributed by atoms with Crippen LogP contribution in [0.2, 0.25) is 0 Å². The van der Waals surface area contributed by atoms with E-state index in [2.05, 4.69) is 5.32 Å². The quantitative estimate of drug-likeness (QED) is 0.571. The van der Waals surface area contributed by atoms with E-state index in [1.165, 1.54) is 5.56 Å². The minimum atomic E-state index is -0.364. The Balaban J connectivity index is 1.73. The summed E-state index contributed by atoms with van der Waals surface area (Å²) in [7, 11) is 0. The molecule has 0 heterocycles. The van der Waals surface area contributed by atoms with Crippen LogP contribution in [0.25, 0.3) is 0 Å². The first-order valence-corrected chi connectivity index (χ1v) is 9.56. The van der Waals surface area contributed by atoms with Crippen molar-refractivity contribution in [2.45, 2.75) is 39.0 Å². The van der Waals surface area contributed by atoms with Crippen molar-refractivity contribution in [3.05, 3.63) is 58.7 Å². The zero-order valence-corrected chi connectivity index (χ0v) is 16.5. The van der Waals surface area contributed by atoms with E-state index in [0.717, 1.165) is 27.3 Å². The van der Waals surface area contributed by atoms with Gasteiger partial charge in [0, 0.05) is 16.3 Å². The fourth-order valence-electron chi connectivity index (χ4n) is 2.66. The van der Waals surface area contributed by atoms with E-state index in [9.17, 15) is 9.59 Å². The molecule has 0 saturated carbocycles. The molecule has 4 nitrogen and oxygen atoms in total. The van der Waals surface area contributed by atoms with Crippen molar-refractivity contribution in [2.75, 3.05) is 17.7 Å². The Bertz CT molecular complexity index is 761. The van der Waals surface area contributed by atoms with Gasteiger partial charge >= 0.3 is 5.97 Å². The first-order chi connectivity index (χ1) is 12.3. The fourth-order valence-corrected chi connectivity index (χ4v) is 3.49. The Hall–Kier alpha value is -2.27. The molecule has 138 valence electrons. The van der Waals surface area contributed by atoms with Gasteiger partial charge in [-0.3, -0.25) is 9.59 Å². The van der Waals surface area contributed by atoms with Crippen LogP contribution in [0.1, 0.15) is 28.7 Å². The van der Waals surface area contributed by atoms with E-state index in [1.807, 2.05) is 64.1 Å². The van der Waals surface area contributed by atoms with Crippen LogP contribution in [0.5, 0.6) is 0 Å². The van der Waals surface area contributed by atoms with E-state index in [0.29, 0.717) is 5.75 Å². The average molecular weight is 372 g/mol. The first kappa shape index (κ1) is 20.0. The third kappa shape index (κ3) is 6.23. The molecule has 0 aliphatic heterocycles. The SMILES string of the molecule is Cc1ccc(SCCC(=O)OCC(=O)Nc2c(C)cc(C)cc2C)cc1. The van der Waals surface area contributed by atoms with Crippen LogP contribution in [0.15, 0.2) is 41.3 Å². The highest BCUT2D eigenvalue weighted by Crippen LogP contribution is 2.22. The van der Waals surface area contributed by atoms with Crippen LogP contribution >= 0.6 is 11.8 Å². The molecule has 2 rings (SSSR count). The number of hydrogen-bond donors (Lipinski definition) is 1. The van der Waals surface area contributed by atoms with Gasteiger partial charge in [0.2, 0.25) is 0 Å². The highest BCUT2D eigenvalue weighted by molar-refractivity contribution is 7.99. The Morgan fingerprint density at radius 3 is 2.19 bits per heavy atom. The molecule has 0 unspecified atom stereocenters. The number of carbonyl (C=O) groups excluding carboxylic acids is 2. The highest BCUT2D eigenvalue weighted by atomic mass is 32.2. The topological polar surface area (TPSA) is 55.4 Å². The second-order valence-electron chi connectivity index (χ2n) is 6.39. The molecule has 0 aliphatic carbocycles. The number of anilines is 1. The summed E-state index contributed by atoms with van der Waals surface area (Å²) < 4.78 is 5.07. The number of amides is 1. The predicted octanol–water partition coefficient (Wildman–Crippen LogP) is 4.58. The number of thioether (sulfide) groups is 1. The standard InChI is InChI=1S/C21H25NO3S/c1-14-5-7-18(8-6-14)26-10-9-20(24)25-13-19(23)22-21-16(3)11-15(2)12-17(21)4/h5-8,11-12H,9-10,13H2,1-4H3,(H,22,23). The van der Waals surface area contributed by atoms with Crippen molar-refractivity contribution >= 4 is 29.3 Å². The van der Waals surface area contributed by atoms with Gasteiger partial charge in [-0.05, 0) is 51.0 Å². The van der Waals surface area contributed by atoms with Crippen molar-refractivity contribution in [3.8, 4) is 0 Å². The molecule has 5 heteroatoms. The molecular weight excluding hydrogens is 346 g/mol. The number of ether oxygens (including phenoxy) is 1. The molecule has 0 atom stereocenters. The lowest BCUT2D eigenvalue weighted by Gasteiger charge is -2.13. The molecule has 1 amide bonds. The van der Waals surface area contributed by atoms with E-state index < -0.39 is 0 Å². The van der Waals surface area contributed by atoms with Crippen molar-refractivity contribution in [1.29, 1.82) is 0 Å². The van der Waals surface area contributed by atoms with Gasteiger partial charge in [-0.15, -0.1) is 11.8 Å². The van der Waals surface area contributed by atoms with Gasteiger partial charge in [0.25, 0.3) is 5.91 Å². The van der Waals surface area contributed by atoms with Gasteiger partial charge in [0.05, 0.1) is 6.42 Å². The first-order valence-electron chi connectivity index (χ1n) is 8.58. The van der Waals surface area contributed by atoms with Crippen LogP contribution < -0.4 is 5.32 Å². The second kappa shape index (κ2) is 9.43. The van der Waals surface area contributed by atoms with Gasteiger partial charge in [-0.1, -0.05) is 35.4 Å². The molecular formula is C21H25NO3S. The average Bonchev–Trinajstić information content (AvgIpc) is 2.58. The summed E-state index contributed by atoms with van der Waals surface area (Å²) in [6.07, 6.45) is 0.272. The van der Waals surface area contributed by atoms with E-state index in [-0.39, 0.29) is 24.9 Å². The number of aryl methyl sites for hydroxylation is 4. The number of carbonyl (C=O) groups is 2. The van der Waals surface area contributed by atoms with E-state index in [4.69, 9.17) is 4.74 Å². The maximum atomic E-state index is 12.0. The third-order valence-corrected chi connectivity index (χ3v) is 4.92. The summed E-state index contributed by atoms with van der Waals surface area (Å²) in [5.74, 6) is -0.0589. The van der Waals surface area contributed by atoms with Crippen molar-refractivity contribution in [1.82, 2.24) is 0 Å². The van der Waals surface area contributed by atoms with Crippen LogP contribution in [-0.4, -0.2) is 24.2 Å². The lowest BCUT2D eigenvalue weighted by atomic mass is 10.1. The number of nitrogens with one attached hydrogen (secondary N) is 1. The molecule has 0 saturated heterocycles. The third-order valence-electron chi connectivity index (χ3n) is 3.90. The summed E-state index contributed by atoms with van der Waals surface area (Å²) in [4.78, 5) is 25.0. The summed E-state index contributed by atoms with van der Waals surface area (Å²) in [6, 6.07) is 12.2. The lowest BCUT2D eigenvalue weighted by molar-refractivity contribution is -0.146. The number of hydrogen-bond acceptors (Lipinski definition) is 4. The zero-order valence-electron chi connectivity index (χ0n) is 15.7. The smallest absolute Gasteiger partial charge is 0.307 e. The summed E-state index contributed by atoms with van der Waals surface area (Å²) in [6.45, 7) is 7.69. The Morgan fingerprint density at radius 2 is 1.58 bits per heavy atom. The van der Waals surface area contributed by atoms with Gasteiger partial charge in [-0.2, -0.15) is 0 Å². The fraction of sp³-hybridized carbons (Fsp3) is 0.333. The number of esters is 1. The predicted molar refractivity (Wildman–Crippen MR) is 107 cm³/mol. The second-order valence-corrected chi connectivity index (χ2v) is 7.56. The van der Waals surface area contributed by atoms with Crippen LogP contribution in [0.4, 0.5) is 5.69 Å². The minimum Gasteiger partial charge on any atom is -0.456 e. The molecule has 1 N–H and O–H groups in total. The molecule has 0 aromatic heterocycles. The van der Waals surface area contributed by atoms with Crippen LogP contribution in [-0.2, 0) is 14.3 Å². The largest absolute Gasteiger partial charge is 0.456 e. The van der Waals surface area contributed by atoms with Crippen LogP contribution in [0.3, 0.4) is 0 Å². The van der Waals surface area contributed by atoms with Crippen molar-refractivity contribution in [2.24, 2.45) is 0 Å². The molecule has 2 aromatic rings. The van der Waals surface area contributed by atoms with Gasteiger partial charge in [0.1, 0.15) is 0 Å². The van der Waals surface area contributed by atoms with E-state index in [1.54, 1.807) is 11.8 Å². The summed E-state index contributed by atoms with van der Waals surface area (Å²) in [5.41, 5.74) is 5.13. The normalized spacial score (nSPS) is 10.5. The Morgan fingerprint density at radius 1 is 0.962 bits per heavy atom. The molecule has 0 bridgehead atoms. The molecule has 0 radical (unpaired) electrons. The van der Waals surface area contributed by atoms with Crippen molar-refractivity contribution in [3.63, 3.8) is 0 Å². The lowest BCUT2D eigenvalue weighted by Crippen LogP contribution is -2.22. The molecule has 0 fully saturated rings. The maximum absolute atomic E-state index is 12.0.